The van der Waals surface area contributed by atoms with Crippen LogP contribution in [0.2, 0.25) is 0 Å². The Balaban J connectivity index is 2.61. The lowest BCUT2D eigenvalue weighted by Crippen LogP contribution is -2.46. The first-order valence-corrected chi connectivity index (χ1v) is 5.89. The van der Waals surface area contributed by atoms with Gasteiger partial charge in [0.15, 0.2) is 0 Å². The fourth-order valence-electron chi connectivity index (χ4n) is 1.22. The molecule has 0 saturated heterocycles. The van der Waals surface area contributed by atoms with Gasteiger partial charge < -0.3 is 9.84 Å². The van der Waals surface area contributed by atoms with Crippen molar-refractivity contribution in [2.45, 2.75) is 25.9 Å². The minimum atomic E-state index is -0.945. The fourth-order valence-corrected chi connectivity index (χ4v) is 2.02. The second-order valence-corrected chi connectivity index (χ2v) is 5.07. The normalized spacial score (nSPS) is 11.2. The Kier molecular flexibility index (Phi) is 4.25. The highest BCUT2D eigenvalue weighted by Gasteiger charge is 2.27. The summed E-state index contributed by atoms with van der Waals surface area (Å²) in [4.78, 5) is 22.9. The molecule has 5 nitrogen and oxygen atoms in total. The minimum absolute atomic E-state index is 0.266. The number of hydrogen-bond donors (Lipinski definition) is 2. The van der Waals surface area contributed by atoms with Crippen molar-refractivity contribution in [2.75, 3.05) is 7.11 Å². The maximum atomic E-state index is 11.4. The molecule has 0 atom stereocenters. The third-order valence-corrected chi connectivity index (χ3v) is 3.24. The number of hydrogen-bond acceptors (Lipinski definition) is 5. The number of aromatic carboxylic acids is 1. The largest absolute Gasteiger partial charge is 0.478 e. The summed E-state index contributed by atoms with van der Waals surface area (Å²) in [6.45, 7) is 3.86. The lowest BCUT2D eigenvalue weighted by atomic mass is 10.1. The molecule has 0 bridgehead atoms. The van der Waals surface area contributed by atoms with Crippen LogP contribution in [-0.4, -0.2) is 29.7 Å². The monoisotopic (exact) mass is 257 g/mol. The smallest absolute Gasteiger partial charge is 0.336 e. The molecule has 0 aliphatic rings. The van der Waals surface area contributed by atoms with Gasteiger partial charge in [-0.05, 0) is 19.9 Å². The topological polar surface area (TPSA) is 75.6 Å². The Bertz CT molecular complexity index is 425. The number of rotatable bonds is 5. The molecule has 1 aromatic rings. The van der Waals surface area contributed by atoms with Crippen molar-refractivity contribution in [2.24, 2.45) is 0 Å². The number of nitrogens with one attached hydrogen (secondary N) is 1. The van der Waals surface area contributed by atoms with E-state index in [0.717, 1.165) is 4.88 Å². The molecular weight excluding hydrogens is 242 g/mol. The molecule has 1 heterocycles. The average molecular weight is 257 g/mol. The van der Waals surface area contributed by atoms with Crippen molar-refractivity contribution >= 4 is 23.3 Å². The Labute approximate surface area is 103 Å². The van der Waals surface area contributed by atoms with Crippen LogP contribution < -0.4 is 5.32 Å². The minimum Gasteiger partial charge on any atom is -0.478 e. The Morgan fingerprint density at radius 2 is 2.18 bits per heavy atom. The van der Waals surface area contributed by atoms with Crippen LogP contribution in [0.5, 0.6) is 0 Å². The van der Waals surface area contributed by atoms with E-state index in [1.165, 1.54) is 18.4 Å². The van der Waals surface area contributed by atoms with Crippen LogP contribution in [0.25, 0.3) is 0 Å². The molecule has 0 spiro atoms. The summed E-state index contributed by atoms with van der Waals surface area (Å²) in [7, 11) is 1.33. The summed E-state index contributed by atoms with van der Waals surface area (Å²) >= 11 is 1.34. The molecule has 1 rings (SSSR count). The van der Waals surface area contributed by atoms with Crippen LogP contribution in [0, 0.1) is 0 Å². The van der Waals surface area contributed by atoms with Crippen molar-refractivity contribution in [1.82, 2.24) is 5.32 Å². The first kappa shape index (κ1) is 13.7. The van der Waals surface area contributed by atoms with Crippen LogP contribution in [0.15, 0.2) is 11.4 Å². The Morgan fingerprint density at radius 1 is 1.53 bits per heavy atom. The number of ether oxygens (including phenoxy) is 1. The maximum Gasteiger partial charge on any atom is 0.336 e. The van der Waals surface area contributed by atoms with Gasteiger partial charge in [-0.2, -0.15) is 0 Å². The highest BCUT2D eigenvalue weighted by molar-refractivity contribution is 7.10. The second-order valence-electron chi connectivity index (χ2n) is 4.08. The third kappa shape index (κ3) is 3.54. The Hall–Kier alpha value is -1.40. The average Bonchev–Trinajstić information content (AvgIpc) is 2.74. The molecule has 94 valence electrons. The molecule has 0 amide bonds. The molecule has 0 aliphatic heterocycles. The van der Waals surface area contributed by atoms with E-state index in [4.69, 9.17) is 5.11 Å². The fraction of sp³-hybridized carbons (Fsp3) is 0.455. The number of carbonyl (C=O) groups excluding carboxylic acids is 1. The van der Waals surface area contributed by atoms with Gasteiger partial charge in [0.05, 0.1) is 12.7 Å². The van der Waals surface area contributed by atoms with Gasteiger partial charge in [0.2, 0.25) is 0 Å². The van der Waals surface area contributed by atoms with Crippen molar-refractivity contribution in [3.05, 3.63) is 21.9 Å². The predicted octanol–water partition coefficient (Wildman–Crippen LogP) is 1.49. The molecular formula is C11H15NO4S. The lowest BCUT2D eigenvalue weighted by molar-refractivity contribution is -0.147. The number of esters is 1. The molecule has 0 unspecified atom stereocenters. The molecule has 0 fully saturated rings. The number of carbonyl (C=O) groups is 2. The van der Waals surface area contributed by atoms with Crippen LogP contribution in [-0.2, 0) is 16.1 Å². The van der Waals surface area contributed by atoms with Crippen LogP contribution >= 0.6 is 11.3 Å². The van der Waals surface area contributed by atoms with Crippen molar-refractivity contribution < 1.29 is 19.4 Å². The standard InChI is InChI=1S/C11H15NO4S/c1-11(2,10(15)16-3)12-5-8-4-7(6-17-8)9(13)14/h4,6,12H,5H2,1-3H3,(H,13,14). The van der Waals surface area contributed by atoms with Gasteiger partial charge in [-0.25, -0.2) is 4.79 Å². The van der Waals surface area contributed by atoms with E-state index >= 15 is 0 Å². The molecule has 0 aliphatic carbocycles. The van der Waals surface area contributed by atoms with Gasteiger partial charge >= 0.3 is 11.9 Å². The number of carboxylic acid groups (broad SMARTS) is 1. The summed E-state index contributed by atoms with van der Waals surface area (Å²) in [6.07, 6.45) is 0. The number of methoxy groups -OCH3 is 1. The van der Waals surface area contributed by atoms with Crippen LogP contribution in [0.1, 0.15) is 29.1 Å². The summed E-state index contributed by atoms with van der Waals surface area (Å²) < 4.78 is 4.65. The van der Waals surface area contributed by atoms with Gasteiger partial charge in [0.25, 0.3) is 0 Å². The number of thiophene rings is 1. The van der Waals surface area contributed by atoms with Crippen LogP contribution in [0.3, 0.4) is 0 Å². The maximum absolute atomic E-state index is 11.4. The Morgan fingerprint density at radius 3 is 2.65 bits per heavy atom. The van der Waals surface area contributed by atoms with E-state index in [9.17, 15) is 9.59 Å². The SMILES string of the molecule is COC(=O)C(C)(C)NCc1cc(C(=O)O)cs1. The highest BCUT2D eigenvalue weighted by atomic mass is 32.1. The lowest BCUT2D eigenvalue weighted by Gasteiger charge is -2.22. The summed E-state index contributed by atoms with van der Waals surface area (Å²) in [5, 5.41) is 13.4. The molecule has 0 radical (unpaired) electrons. The van der Waals surface area contributed by atoms with Crippen molar-refractivity contribution in [1.29, 1.82) is 0 Å². The summed E-state index contributed by atoms with van der Waals surface area (Å²) in [6, 6.07) is 1.59. The number of carboxylic acids is 1. The predicted molar refractivity (Wildman–Crippen MR) is 64.2 cm³/mol. The molecule has 2 N–H and O–H groups in total. The zero-order valence-electron chi connectivity index (χ0n) is 9.94. The van der Waals surface area contributed by atoms with E-state index in [2.05, 4.69) is 10.1 Å². The van der Waals surface area contributed by atoms with Gasteiger partial charge in [-0.3, -0.25) is 10.1 Å². The van der Waals surface area contributed by atoms with E-state index in [1.807, 2.05) is 0 Å². The zero-order chi connectivity index (χ0) is 13.1. The molecule has 0 aromatic carbocycles. The van der Waals surface area contributed by atoms with Crippen LogP contribution in [0.4, 0.5) is 0 Å². The molecule has 0 saturated carbocycles. The molecule has 6 heteroatoms. The van der Waals surface area contributed by atoms with E-state index < -0.39 is 11.5 Å². The highest BCUT2D eigenvalue weighted by Crippen LogP contribution is 2.16. The molecule has 17 heavy (non-hydrogen) atoms. The first-order valence-electron chi connectivity index (χ1n) is 5.01. The van der Waals surface area contributed by atoms with Crippen molar-refractivity contribution in [3.63, 3.8) is 0 Å². The third-order valence-electron chi connectivity index (χ3n) is 2.30. The van der Waals surface area contributed by atoms with E-state index in [1.54, 1.807) is 25.3 Å². The van der Waals surface area contributed by atoms with Crippen molar-refractivity contribution in [3.8, 4) is 0 Å². The quantitative estimate of drug-likeness (QED) is 0.782. The van der Waals surface area contributed by atoms with E-state index in [0.29, 0.717) is 6.54 Å². The van der Waals surface area contributed by atoms with E-state index in [-0.39, 0.29) is 11.5 Å². The molecule has 1 aromatic heterocycles. The first-order chi connectivity index (χ1) is 7.86. The zero-order valence-corrected chi connectivity index (χ0v) is 10.8. The van der Waals surface area contributed by atoms with Gasteiger partial charge in [0, 0.05) is 16.8 Å². The summed E-state index contributed by atoms with van der Waals surface area (Å²) in [5.41, 5.74) is -0.523. The van der Waals surface area contributed by atoms with Gasteiger partial charge in [-0.1, -0.05) is 0 Å². The van der Waals surface area contributed by atoms with Gasteiger partial charge in [0.1, 0.15) is 5.54 Å². The van der Waals surface area contributed by atoms with Gasteiger partial charge in [-0.15, -0.1) is 11.3 Å². The summed E-state index contributed by atoms with van der Waals surface area (Å²) in [5.74, 6) is -1.30. The second kappa shape index (κ2) is 5.29.